The maximum atomic E-state index is 12.3. The zero-order valence-electron chi connectivity index (χ0n) is 10.8. The highest BCUT2D eigenvalue weighted by molar-refractivity contribution is 6.00. The molecule has 1 aliphatic heterocycles. The first-order valence-corrected chi connectivity index (χ1v) is 6.29. The fourth-order valence-electron chi connectivity index (χ4n) is 2.10. The number of benzene rings is 1. The minimum Gasteiger partial charge on any atom is -0.480 e. The van der Waals surface area contributed by atoms with Crippen LogP contribution in [0.25, 0.3) is 0 Å². The van der Waals surface area contributed by atoms with E-state index in [9.17, 15) is 9.59 Å². The zero-order chi connectivity index (χ0) is 13.8. The molecule has 1 fully saturated rings. The molecule has 0 radical (unpaired) electrons. The predicted molar refractivity (Wildman–Crippen MR) is 70.1 cm³/mol. The molecule has 1 aromatic rings. The molecule has 1 aromatic carbocycles. The van der Waals surface area contributed by atoms with Crippen LogP contribution in [0, 0.1) is 6.92 Å². The Kier molecular flexibility index (Phi) is 4.16. The maximum Gasteiger partial charge on any atom is 0.323 e. The lowest BCUT2D eigenvalue weighted by atomic mass is 10.1. The van der Waals surface area contributed by atoms with Gasteiger partial charge in [-0.05, 0) is 31.9 Å². The largest absolute Gasteiger partial charge is 0.480 e. The van der Waals surface area contributed by atoms with Crippen molar-refractivity contribution < 1.29 is 19.4 Å². The van der Waals surface area contributed by atoms with E-state index >= 15 is 0 Å². The topological polar surface area (TPSA) is 66.8 Å². The fourth-order valence-corrected chi connectivity index (χ4v) is 2.10. The summed E-state index contributed by atoms with van der Waals surface area (Å²) in [6, 6.07) is 7.22. The minimum absolute atomic E-state index is 0.274. The molecule has 0 spiro atoms. The van der Waals surface area contributed by atoms with Crippen LogP contribution in [0.5, 0.6) is 0 Å². The molecule has 1 heterocycles. The number of rotatable bonds is 4. The number of carbonyl (C=O) groups is 2. The van der Waals surface area contributed by atoms with Gasteiger partial charge in [0.1, 0.15) is 12.6 Å². The molecule has 5 nitrogen and oxygen atoms in total. The number of nitrogens with zero attached hydrogens (tertiary/aromatic N) is 1. The first-order valence-electron chi connectivity index (χ1n) is 6.29. The lowest BCUT2D eigenvalue weighted by Gasteiger charge is -2.23. The molecule has 0 aliphatic carbocycles. The highest BCUT2D eigenvalue weighted by Crippen LogP contribution is 2.20. The van der Waals surface area contributed by atoms with Gasteiger partial charge in [0.25, 0.3) is 5.91 Å². The Morgan fingerprint density at radius 1 is 1.37 bits per heavy atom. The number of aryl methyl sites for hydroxylation is 1. The summed E-state index contributed by atoms with van der Waals surface area (Å²) in [5.41, 5.74) is 1.65. The average Bonchev–Trinajstić information content (AvgIpc) is 2.90. The zero-order valence-corrected chi connectivity index (χ0v) is 10.8. The van der Waals surface area contributed by atoms with Crippen molar-refractivity contribution in [2.75, 3.05) is 18.1 Å². The van der Waals surface area contributed by atoms with Gasteiger partial charge in [-0.2, -0.15) is 0 Å². The summed E-state index contributed by atoms with van der Waals surface area (Å²) in [5, 5.41) is 8.96. The molecule has 2 rings (SSSR count). The molecule has 0 bridgehead atoms. The van der Waals surface area contributed by atoms with Crippen molar-refractivity contribution >= 4 is 17.6 Å². The quantitative estimate of drug-likeness (QED) is 0.895. The van der Waals surface area contributed by atoms with Crippen molar-refractivity contribution in [3.05, 3.63) is 29.8 Å². The molecule has 102 valence electrons. The van der Waals surface area contributed by atoms with Gasteiger partial charge >= 0.3 is 5.97 Å². The summed E-state index contributed by atoms with van der Waals surface area (Å²) in [7, 11) is 0. The van der Waals surface area contributed by atoms with Crippen LogP contribution in [-0.4, -0.2) is 36.2 Å². The highest BCUT2D eigenvalue weighted by atomic mass is 16.5. The number of amides is 1. The third-order valence-corrected chi connectivity index (χ3v) is 3.11. The lowest BCUT2D eigenvalue weighted by Crippen LogP contribution is -2.42. The van der Waals surface area contributed by atoms with E-state index in [1.807, 2.05) is 19.1 Å². The number of carboxylic acid groups (broad SMARTS) is 1. The first-order chi connectivity index (χ1) is 9.08. The molecule has 1 amide bonds. The van der Waals surface area contributed by atoms with Crippen molar-refractivity contribution in [1.29, 1.82) is 0 Å². The van der Waals surface area contributed by atoms with Gasteiger partial charge in [0.05, 0.1) is 0 Å². The molecule has 1 N–H and O–H groups in total. The van der Waals surface area contributed by atoms with Crippen molar-refractivity contribution in [3.63, 3.8) is 0 Å². The molecule has 0 aromatic heterocycles. The van der Waals surface area contributed by atoms with Gasteiger partial charge in [-0.15, -0.1) is 0 Å². The minimum atomic E-state index is -1.04. The predicted octanol–water partition coefficient (Wildman–Crippen LogP) is 1.59. The Balaban J connectivity index is 2.21. The summed E-state index contributed by atoms with van der Waals surface area (Å²) in [5.74, 6) is -1.31. The second-order valence-corrected chi connectivity index (χ2v) is 4.66. The Bertz CT molecular complexity index is 463. The van der Waals surface area contributed by atoms with Crippen LogP contribution >= 0.6 is 0 Å². The van der Waals surface area contributed by atoms with Gasteiger partial charge in [0, 0.05) is 12.3 Å². The van der Waals surface area contributed by atoms with E-state index in [0.717, 1.165) is 12.0 Å². The summed E-state index contributed by atoms with van der Waals surface area (Å²) < 4.78 is 5.34. The van der Waals surface area contributed by atoms with Crippen molar-refractivity contribution in [3.8, 4) is 0 Å². The first kappa shape index (κ1) is 13.5. The van der Waals surface area contributed by atoms with Gasteiger partial charge < -0.3 is 9.84 Å². The summed E-state index contributed by atoms with van der Waals surface area (Å²) in [6.45, 7) is 2.15. The summed E-state index contributed by atoms with van der Waals surface area (Å²) in [6.07, 6.45) is 0.979. The third kappa shape index (κ3) is 3.32. The molecular weight excluding hydrogens is 246 g/mol. The van der Waals surface area contributed by atoms with E-state index in [-0.39, 0.29) is 12.5 Å². The number of carboxylic acids is 1. The van der Waals surface area contributed by atoms with Crippen LogP contribution in [0.15, 0.2) is 24.3 Å². The van der Waals surface area contributed by atoms with E-state index in [0.29, 0.717) is 18.7 Å². The van der Waals surface area contributed by atoms with Gasteiger partial charge in [0.15, 0.2) is 0 Å². The smallest absolute Gasteiger partial charge is 0.323 e. The molecule has 19 heavy (non-hydrogen) atoms. The van der Waals surface area contributed by atoms with Crippen molar-refractivity contribution in [1.82, 2.24) is 0 Å². The molecule has 0 saturated carbocycles. The van der Waals surface area contributed by atoms with Gasteiger partial charge in [-0.25, -0.2) is 0 Å². The van der Waals surface area contributed by atoms with Gasteiger partial charge in [-0.3, -0.25) is 14.5 Å². The highest BCUT2D eigenvalue weighted by Gasteiger charge is 2.30. The van der Waals surface area contributed by atoms with E-state index in [1.54, 1.807) is 12.1 Å². The van der Waals surface area contributed by atoms with E-state index < -0.39 is 12.1 Å². The fraction of sp³-hybridized carbons (Fsp3) is 0.429. The van der Waals surface area contributed by atoms with Crippen LogP contribution in [0.1, 0.15) is 18.4 Å². The van der Waals surface area contributed by atoms with Crippen molar-refractivity contribution in [2.45, 2.75) is 25.9 Å². The van der Waals surface area contributed by atoms with E-state index in [1.165, 1.54) is 4.90 Å². The molecule has 0 unspecified atom stereocenters. The SMILES string of the molecule is Cc1ccc(N(CC(=O)O)C(=O)[C@@H]2CCCO2)cc1. The van der Waals surface area contributed by atoms with Crippen LogP contribution < -0.4 is 4.90 Å². The average molecular weight is 263 g/mol. The lowest BCUT2D eigenvalue weighted by molar-refractivity contribution is -0.137. The summed E-state index contributed by atoms with van der Waals surface area (Å²) >= 11 is 0. The van der Waals surface area contributed by atoms with E-state index in [4.69, 9.17) is 9.84 Å². The Hall–Kier alpha value is -1.88. The number of carbonyl (C=O) groups excluding carboxylic acids is 1. The van der Waals surface area contributed by atoms with E-state index in [2.05, 4.69) is 0 Å². The van der Waals surface area contributed by atoms with Gasteiger partial charge in [-0.1, -0.05) is 17.7 Å². The molecule has 1 saturated heterocycles. The van der Waals surface area contributed by atoms with Gasteiger partial charge in [0.2, 0.25) is 0 Å². The standard InChI is InChI=1S/C14H17NO4/c1-10-4-6-11(7-5-10)15(9-13(16)17)14(18)12-3-2-8-19-12/h4-7,12H,2-3,8-9H2,1H3,(H,16,17)/t12-/m0/s1. The van der Waals surface area contributed by atoms with Crippen LogP contribution in [0.3, 0.4) is 0 Å². The maximum absolute atomic E-state index is 12.3. The normalized spacial score (nSPS) is 18.3. The molecule has 1 aliphatic rings. The van der Waals surface area contributed by atoms with Crippen LogP contribution in [0.2, 0.25) is 0 Å². The Morgan fingerprint density at radius 3 is 2.58 bits per heavy atom. The van der Waals surface area contributed by atoms with Crippen LogP contribution in [0.4, 0.5) is 5.69 Å². The number of anilines is 1. The van der Waals surface area contributed by atoms with Crippen molar-refractivity contribution in [2.24, 2.45) is 0 Å². The second-order valence-electron chi connectivity index (χ2n) is 4.66. The van der Waals surface area contributed by atoms with Crippen LogP contribution in [-0.2, 0) is 14.3 Å². The number of aliphatic carboxylic acids is 1. The third-order valence-electron chi connectivity index (χ3n) is 3.11. The molecule has 1 atom stereocenters. The molecule has 5 heteroatoms. The molecular formula is C14H17NO4. The number of hydrogen-bond donors (Lipinski definition) is 1. The Morgan fingerprint density at radius 2 is 2.05 bits per heavy atom. The summed E-state index contributed by atoms with van der Waals surface area (Å²) in [4.78, 5) is 24.5. The number of hydrogen-bond acceptors (Lipinski definition) is 3. The second kappa shape index (κ2) is 5.84. The Labute approximate surface area is 111 Å². The number of ether oxygens (including phenoxy) is 1. The monoisotopic (exact) mass is 263 g/mol.